The second kappa shape index (κ2) is 28.5. The van der Waals surface area contributed by atoms with Gasteiger partial charge in [-0.25, -0.2) is 9.59 Å². The monoisotopic (exact) mass is 615 g/mol. The molecule has 0 heterocycles. The maximum absolute atomic E-state index is 12.6. The molecular formula is C36H70O7. The molecule has 0 rings (SSSR count). The highest BCUT2D eigenvalue weighted by molar-refractivity contribution is 5.94. The van der Waals surface area contributed by atoms with Crippen molar-refractivity contribution in [1.29, 1.82) is 0 Å². The number of aliphatic hydroxyl groups excluding tert-OH is 2. The second-order valence-corrected chi connectivity index (χ2v) is 13.0. The van der Waals surface area contributed by atoms with Crippen molar-refractivity contribution in [3.63, 3.8) is 0 Å². The van der Waals surface area contributed by atoms with Crippen LogP contribution in [0.1, 0.15) is 194 Å². The molecule has 0 bridgehead atoms. The first-order valence-electron chi connectivity index (χ1n) is 18.2. The topological polar surface area (TPSA) is 124 Å². The average molecular weight is 615 g/mol. The minimum absolute atomic E-state index is 0.0240. The van der Waals surface area contributed by atoms with E-state index in [4.69, 9.17) is 4.74 Å². The van der Waals surface area contributed by atoms with Crippen molar-refractivity contribution < 1.29 is 34.8 Å². The Bertz CT molecular complexity index is 602. The highest BCUT2D eigenvalue weighted by Crippen LogP contribution is 2.23. The van der Waals surface area contributed by atoms with E-state index in [1.165, 1.54) is 116 Å². The van der Waals surface area contributed by atoms with Crippen LogP contribution in [0.3, 0.4) is 0 Å². The summed E-state index contributed by atoms with van der Waals surface area (Å²) < 4.78 is 4.79. The van der Waals surface area contributed by atoms with Crippen molar-refractivity contribution in [2.45, 2.75) is 205 Å². The first-order valence-corrected chi connectivity index (χ1v) is 18.2. The molecule has 2 atom stereocenters. The summed E-state index contributed by atoms with van der Waals surface area (Å²) in [5.74, 6) is -2.53. The van der Waals surface area contributed by atoms with Gasteiger partial charge in [0.1, 0.15) is 0 Å². The predicted octanol–water partition coefficient (Wildman–Crippen LogP) is 8.47. The summed E-state index contributed by atoms with van der Waals surface area (Å²) in [6, 6.07) is 0. The number of carbonyl (C=O) groups excluding carboxylic acids is 2. The zero-order valence-corrected chi connectivity index (χ0v) is 28.2. The fourth-order valence-electron chi connectivity index (χ4n) is 5.64. The molecule has 2 unspecified atom stereocenters. The number of carbonyl (C=O) groups is 2. The molecule has 0 aliphatic rings. The molecule has 0 aromatic rings. The van der Waals surface area contributed by atoms with Crippen molar-refractivity contribution in [1.82, 2.24) is 0 Å². The van der Waals surface area contributed by atoms with Crippen LogP contribution in [-0.2, 0) is 14.3 Å². The average Bonchev–Trinajstić information content (AvgIpc) is 3.01. The van der Waals surface area contributed by atoms with Crippen LogP contribution < -0.4 is 0 Å². The van der Waals surface area contributed by atoms with Crippen molar-refractivity contribution >= 4 is 11.9 Å². The molecule has 0 aromatic carbocycles. The molecule has 0 aliphatic heterocycles. The normalized spacial score (nSPS) is 14.4. The molecule has 7 heteroatoms. The summed E-state index contributed by atoms with van der Waals surface area (Å²) in [6.07, 6.45) is 30.0. The van der Waals surface area contributed by atoms with Gasteiger partial charge in [0.25, 0.3) is 0 Å². The van der Waals surface area contributed by atoms with Gasteiger partial charge in [-0.3, -0.25) is 0 Å². The van der Waals surface area contributed by atoms with E-state index in [-0.39, 0.29) is 12.8 Å². The Morgan fingerprint density at radius 1 is 0.419 bits per heavy atom. The third-order valence-electron chi connectivity index (χ3n) is 8.86. The minimum Gasteiger partial charge on any atom is -0.393 e. The maximum Gasteiger partial charge on any atom is 0.348 e. The molecule has 0 fully saturated rings. The summed E-state index contributed by atoms with van der Waals surface area (Å²) in [7, 11) is 0. The lowest BCUT2D eigenvalue weighted by Crippen LogP contribution is -2.50. The van der Waals surface area contributed by atoms with Gasteiger partial charge in [-0.2, -0.15) is 0 Å². The maximum atomic E-state index is 12.6. The zero-order valence-electron chi connectivity index (χ0n) is 28.2. The highest BCUT2D eigenvalue weighted by atomic mass is 16.6. The fourth-order valence-corrected chi connectivity index (χ4v) is 5.64. The summed E-state index contributed by atoms with van der Waals surface area (Å²) in [4.78, 5) is 25.1. The van der Waals surface area contributed by atoms with Crippen LogP contribution in [0, 0.1) is 0 Å². The van der Waals surface area contributed by atoms with Gasteiger partial charge in [-0.15, -0.1) is 0 Å². The number of aliphatic hydroxyl groups is 4. The predicted molar refractivity (Wildman–Crippen MR) is 176 cm³/mol. The molecule has 0 saturated heterocycles. The Morgan fingerprint density at radius 3 is 0.837 bits per heavy atom. The van der Waals surface area contributed by atoms with E-state index < -0.39 is 36.4 Å². The van der Waals surface area contributed by atoms with Crippen molar-refractivity contribution in [2.75, 3.05) is 13.2 Å². The van der Waals surface area contributed by atoms with E-state index in [0.717, 1.165) is 38.5 Å². The summed E-state index contributed by atoms with van der Waals surface area (Å²) in [5.41, 5.74) is -4.39. The lowest BCUT2D eigenvalue weighted by molar-refractivity contribution is -0.190. The molecular weight excluding hydrogens is 544 g/mol. The summed E-state index contributed by atoms with van der Waals surface area (Å²) in [6.45, 7) is 2.73. The van der Waals surface area contributed by atoms with Crippen molar-refractivity contribution in [3.8, 4) is 0 Å². The molecule has 0 amide bonds. The van der Waals surface area contributed by atoms with Gasteiger partial charge in [0, 0.05) is 0 Å². The SMILES string of the molecule is CCCCCCCCCCCCCCCC(O)(CO)C(=O)OC(=O)C(O)(CO)CCCCCCCCCCCCCCC. The third kappa shape index (κ3) is 22.2. The summed E-state index contributed by atoms with van der Waals surface area (Å²) in [5, 5.41) is 40.6. The van der Waals surface area contributed by atoms with Crippen molar-refractivity contribution in [2.24, 2.45) is 0 Å². The summed E-state index contributed by atoms with van der Waals surface area (Å²) >= 11 is 0. The van der Waals surface area contributed by atoms with E-state index in [2.05, 4.69) is 13.8 Å². The van der Waals surface area contributed by atoms with E-state index in [1.54, 1.807) is 0 Å². The van der Waals surface area contributed by atoms with E-state index in [1.807, 2.05) is 0 Å². The Labute approximate surface area is 264 Å². The second-order valence-electron chi connectivity index (χ2n) is 13.0. The lowest BCUT2D eigenvalue weighted by atomic mass is 9.95. The van der Waals surface area contributed by atoms with E-state index in [9.17, 15) is 30.0 Å². The number of unbranched alkanes of at least 4 members (excludes halogenated alkanes) is 24. The molecule has 256 valence electrons. The quantitative estimate of drug-likeness (QED) is 0.0340. The van der Waals surface area contributed by atoms with Crippen LogP contribution in [0.5, 0.6) is 0 Å². The number of hydrogen-bond donors (Lipinski definition) is 4. The molecule has 7 nitrogen and oxygen atoms in total. The first kappa shape index (κ1) is 42.0. The van der Waals surface area contributed by atoms with Gasteiger partial charge in [-0.05, 0) is 25.7 Å². The Hall–Kier alpha value is -1.02. The molecule has 0 spiro atoms. The Morgan fingerprint density at radius 2 is 0.628 bits per heavy atom. The van der Waals surface area contributed by atoms with E-state index >= 15 is 0 Å². The van der Waals surface area contributed by atoms with Crippen LogP contribution in [0.15, 0.2) is 0 Å². The van der Waals surface area contributed by atoms with E-state index in [0.29, 0.717) is 12.8 Å². The molecule has 4 N–H and O–H groups in total. The minimum atomic E-state index is -2.20. The van der Waals surface area contributed by atoms with Crippen LogP contribution in [0.2, 0.25) is 0 Å². The molecule has 0 aromatic heterocycles. The number of ether oxygens (including phenoxy) is 1. The molecule has 0 aliphatic carbocycles. The zero-order chi connectivity index (χ0) is 32.1. The molecule has 0 radical (unpaired) electrons. The third-order valence-corrected chi connectivity index (χ3v) is 8.86. The standard InChI is InChI=1S/C36H70O7/c1-3-5-7-9-11-13-15-17-19-21-23-25-27-29-35(41,31-37)33(39)43-34(40)36(42,32-38)30-28-26-24-22-20-18-16-14-12-10-8-6-4-2/h37-38,41-42H,3-32H2,1-2H3. The first-order chi connectivity index (χ1) is 20.8. The fraction of sp³-hybridized carbons (Fsp3) is 0.944. The van der Waals surface area contributed by atoms with Crippen LogP contribution in [0.4, 0.5) is 0 Å². The van der Waals surface area contributed by atoms with Gasteiger partial charge in [0.15, 0.2) is 11.2 Å². The molecule has 43 heavy (non-hydrogen) atoms. The van der Waals surface area contributed by atoms with Crippen molar-refractivity contribution in [3.05, 3.63) is 0 Å². The molecule has 0 saturated carbocycles. The largest absolute Gasteiger partial charge is 0.393 e. The van der Waals surface area contributed by atoms with Gasteiger partial charge in [0.2, 0.25) is 0 Å². The Balaban J connectivity index is 4.10. The van der Waals surface area contributed by atoms with Gasteiger partial charge < -0.3 is 25.2 Å². The Kier molecular flexibility index (Phi) is 27.8. The number of esters is 2. The van der Waals surface area contributed by atoms with Gasteiger partial charge in [-0.1, -0.05) is 168 Å². The van der Waals surface area contributed by atoms with Gasteiger partial charge >= 0.3 is 11.9 Å². The van der Waals surface area contributed by atoms with Crippen LogP contribution in [-0.4, -0.2) is 56.8 Å². The number of hydrogen-bond acceptors (Lipinski definition) is 7. The smallest absolute Gasteiger partial charge is 0.348 e. The van der Waals surface area contributed by atoms with Crippen LogP contribution >= 0.6 is 0 Å². The van der Waals surface area contributed by atoms with Gasteiger partial charge in [0.05, 0.1) is 13.2 Å². The highest BCUT2D eigenvalue weighted by Gasteiger charge is 2.43. The van der Waals surface area contributed by atoms with Crippen LogP contribution in [0.25, 0.3) is 0 Å². The number of rotatable bonds is 32. The lowest BCUT2D eigenvalue weighted by Gasteiger charge is -2.27.